The molecule has 3 rings (SSSR count). The van der Waals surface area contributed by atoms with Gasteiger partial charge in [0, 0.05) is 0 Å². The lowest BCUT2D eigenvalue weighted by atomic mass is 10.1. The number of para-hydroxylation sites is 1. The van der Waals surface area contributed by atoms with Gasteiger partial charge in [-0.25, -0.2) is 9.07 Å². The monoisotopic (exact) mass is 378 g/mol. The first-order valence-corrected chi connectivity index (χ1v) is 7.54. The second kappa shape index (κ2) is 6.02. The van der Waals surface area contributed by atoms with Gasteiger partial charge < -0.3 is 0 Å². The molecule has 3 nitrogen and oxygen atoms in total. The molecule has 0 spiro atoms. The molecular formula is C16H9BrClFN2O. The minimum atomic E-state index is -0.527. The predicted octanol–water partition coefficient (Wildman–Crippen LogP) is 4.91. The van der Waals surface area contributed by atoms with Crippen LogP contribution in [0, 0.1) is 5.82 Å². The third-order valence-electron chi connectivity index (χ3n) is 3.18. The first-order chi connectivity index (χ1) is 10.6. The van der Waals surface area contributed by atoms with Crippen LogP contribution in [-0.4, -0.2) is 16.1 Å². The van der Waals surface area contributed by atoms with Crippen molar-refractivity contribution in [2.24, 2.45) is 0 Å². The van der Waals surface area contributed by atoms with Crippen molar-refractivity contribution >= 4 is 33.8 Å². The molecule has 0 atom stereocenters. The number of rotatable bonds is 3. The summed E-state index contributed by atoms with van der Waals surface area (Å²) in [7, 11) is 0. The van der Waals surface area contributed by atoms with Crippen LogP contribution in [0.1, 0.15) is 10.4 Å². The molecule has 0 N–H and O–H groups in total. The molecule has 2 aromatic carbocycles. The Balaban J connectivity index is 2.28. The maximum atomic E-state index is 14.1. The van der Waals surface area contributed by atoms with Crippen LogP contribution in [-0.2, 0) is 0 Å². The second-order valence-corrected chi connectivity index (χ2v) is 5.67. The first kappa shape index (κ1) is 14.9. The van der Waals surface area contributed by atoms with E-state index in [2.05, 4.69) is 21.0 Å². The summed E-state index contributed by atoms with van der Waals surface area (Å²) >= 11 is 9.43. The van der Waals surface area contributed by atoms with Gasteiger partial charge in [-0.05, 0) is 40.2 Å². The molecule has 1 heterocycles. The van der Waals surface area contributed by atoms with Crippen molar-refractivity contribution in [2.75, 3.05) is 0 Å². The van der Waals surface area contributed by atoms with Crippen molar-refractivity contribution in [2.45, 2.75) is 0 Å². The number of nitrogens with zero attached hydrogens (tertiary/aromatic N) is 2. The standard InChI is InChI=1S/C16H9BrClFN2O/c17-16-11(9-22)15(14-12(18)7-4-8-13(14)19)20-21(16)10-5-2-1-3-6-10/h1-9H. The molecule has 6 heteroatoms. The molecule has 0 amide bonds. The molecule has 0 unspecified atom stereocenters. The smallest absolute Gasteiger partial charge is 0.155 e. The molecule has 0 aliphatic carbocycles. The van der Waals surface area contributed by atoms with Gasteiger partial charge in [0.1, 0.15) is 16.1 Å². The Labute approximate surface area is 139 Å². The molecule has 1 aromatic heterocycles. The summed E-state index contributed by atoms with van der Waals surface area (Å²) in [4.78, 5) is 11.4. The highest BCUT2D eigenvalue weighted by atomic mass is 79.9. The van der Waals surface area contributed by atoms with Crippen molar-refractivity contribution in [3.8, 4) is 16.9 Å². The van der Waals surface area contributed by atoms with Crippen LogP contribution in [0.15, 0.2) is 53.1 Å². The molecule has 0 bridgehead atoms. The zero-order chi connectivity index (χ0) is 15.7. The van der Waals surface area contributed by atoms with Gasteiger partial charge in [-0.15, -0.1) is 0 Å². The van der Waals surface area contributed by atoms with E-state index in [-0.39, 0.29) is 21.8 Å². The number of benzene rings is 2. The largest absolute Gasteiger partial charge is 0.298 e. The fraction of sp³-hybridized carbons (Fsp3) is 0. The fourth-order valence-corrected chi connectivity index (χ4v) is 2.98. The van der Waals surface area contributed by atoms with Crippen molar-refractivity contribution < 1.29 is 9.18 Å². The Hall–Kier alpha value is -1.98. The second-order valence-electron chi connectivity index (χ2n) is 4.51. The lowest BCUT2D eigenvalue weighted by Gasteiger charge is -2.03. The summed E-state index contributed by atoms with van der Waals surface area (Å²) in [5, 5.41) is 4.56. The first-order valence-electron chi connectivity index (χ1n) is 6.37. The highest BCUT2D eigenvalue weighted by Crippen LogP contribution is 2.35. The third-order valence-corrected chi connectivity index (χ3v) is 4.26. The summed E-state index contributed by atoms with van der Waals surface area (Å²) in [5.74, 6) is -0.527. The fourth-order valence-electron chi connectivity index (χ4n) is 2.16. The molecule has 3 aromatic rings. The van der Waals surface area contributed by atoms with E-state index < -0.39 is 5.82 Å². The third kappa shape index (κ3) is 2.46. The molecule has 110 valence electrons. The quantitative estimate of drug-likeness (QED) is 0.606. The number of aromatic nitrogens is 2. The van der Waals surface area contributed by atoms with Crippen LogP contribution < -0.4 is 0 Å². The Kier molecular flexibility index (Phi) is 4.09. The number of hydrogen-bond donors (Lipinski definition) is 0. The van der Waals surface area contributed by atoms with Gasteiger partial charge in [-0.2, -0.15) is 5.10 Å². The van der Waals surface area contributed by atoms with Gasteiger partial charge in [0.25, 0.3) is 0 Å². The summed E-state index contributed by atoms with van der Waals surface area (Å²) in [6, 6.07) is 13.6. The van der Waals surface area contributed by atoms with E-state index in [1.807, 2.05) is 30.3 Å². The number of aldehydes is 1. The molecular weight excluding hydrogens is 371 g/mol. The minimum absolute atomic E-state index is 0.113. The van der Waals surface area contributed by atoms with Crippen LogP contribution in [0.3, 0.4) is 0 Å². The van der Waals surface area contributed by atoms with E-state index in [1.165, 1.54) is 16.8 Å². The average molecular weight is 380 g/mol. The molecule has 0 saturated carbocycles. The molecule has 0 fully saturated rings. The molecule has 22 heavy (non-hydrogen) atoms. The molecule has 0 aliphatic rings. The minimum Gasteiger partial charge on any atom is -0.298 e. The van der Waals surface area contributed by atoms with Crippen LogP contribution in [0.2, 0.25) is 5.02 Å². The van der Waals surface area contributed by atoms with Crippen molar-refractivity contribution in [1.29, 1.82) is 0 Å². The maximum absolute atomic E-state index is 14.1. The zero-order valence-electron chi connectivity index (χ0n) is 11.1. The van der Waals surface area contributed by atoms with Crippen molar-refractivity contribution in [1.82, 2.24) is 9.78 Å². The van der Waals surface area contributed by atoms with Gasteiger partial charge in [0.15, 0.2) is 6.29 Å². The SMILES string of the molecule is O=Cc1c(-c2c(F)cccc2Cl)nn(-c2ccccc2)c1Br. The highest BCUT2D eigenvalue weighted by molar-refractivity contribution is 9.10. The molecule has 0 radical (unpaired) electrons. The van der Waals surface area contributed by atoms with Gasteiger partial charge in [0.05, 0.1) is 21.8 Å². The van der Waals surface area contributed by atoms with Gasteiger partial charge >= 0.3 is 0 Å². The Morgan fingerprint density at radius 3 is 2.50 bits per heavy atom. The van der Waals surface area contributed by atoms with Gasteiger partial charge in [-0.3, -0.25) is 4.79 Å². The predicted molar refractivity (Wildman–Crippen MR) is 87.1 cm³/mol. The molecule has 0 saturated heterocycles. The number of carbonyl (C=O) groups excluding carboxylic acids is 1. The van der Waals surface area contributed by atoms with Crippen LogP contribution in [0.25, 0.3) is 16.9 Å². The lowest BCUT2D eigenvalue weighted by molar-refractivity contribution is 0.112. The van der Waals surface area contributed by atoms with E-state index in [0.717, 1.165) is 5.69 Å². The number of hydrogen-bond acceptors (Lipinski definition) is 2. The van der Waals surface area contributed by atoms with Crippen molar-refractivity contribution in [3.05, 3.63) is 69.5 Å². The number of carbonyl (C=O) groups is 1. The maximum Gasteiger partial charge on any atom is 0.155 e. The summed E-state index contributed by atoms with van der Waals surface area (Å²) in [6.45, 7) is 0. The van der Waals surface area contributed by atoms with Crippen LogP contribution >= 0.6 is 27.5 Å². The van der Waals surface area contributed by atoms with E-state index in [0.29, 0.717) is 10.9 Å². The Bertz CT molecular complexity index is 829. The van der Waals surface area contributed by atoms with E-state index in [1.54, 1.807) is 6.07 Å². The lowest BCUT2D eigenvalue weighted by Crippen LogP contribution is -1.96. The zero-order valence-corrected chi connectivity index (χ0v) is 13.5. The van der Waals surface area contributed by atoms with Gasteiger partial charge in [0.2, 0.25) is 0 Å². The number of halogens is 3. The van der Waals surface area contributed by atoms with E-state index >= 15 is 0 Å². The van der Waals surface area contributed by atoms with Crippen LogP contribution in [0.5, 0.6) is 0 Å². The highest BCUT2D eigenvalue weighted by Gasteiger charge is 2.22. The average Bonchev–Trinajstić information content (AvgIpc) is 2.84. The van der Waals surface area contributed by atoms with E-state index in [4.69, 9.17) is 11.6 Å². The van der Waals surface area contributed by atoms with Gasteiger partial charge in [-0.1, -0.05) is 35.9 Å². The van der Waals surface area contributed by atoms with Crippen LogP contribution in [0.4, 0.5) is 4.39 Å². The van der Waals surface area contributed by atoms with Crippen molar-refractivity contribution in [3.63, 3.8) is 0 Å². The summed E-state index contributed by atoms with van der Waals surface area (Å²) in [6.07, 6.45) is 0.634. The topological polar surface area (TPSA) is 34.9 Å². The summed E-state index contributed by atoms with van der Waals surface area (Å²) < 4.78 is 16.1. The Morgan fingerprint density at radius 1 is 1.14 bits per heavy atom. The normalized spacial score (nSPS) is 10.7. The van der Waals surface area contributed by atoms with E-state index in [9.17, 15) is 9.18 Å². The Morgan fingerprint density at radius 2 is 1.86 bits per heavy atom. The summed E-state index contributed by atoms with van der Waals surface area (Å²) in [5.41, 5.74) is 1.31. The molecule has 0 aliphatic heterocycles.